The topological polar surface area (TPSA) is 253 Å². The van der Waals surface area contributed by atoms with E-state index in [0.717, 1.165) is 0 Å². The van der Waals surface area contributed by atoms with Crippen molar-refractivity contribution in [2.24, 2.45) is 17.8 Å². The number of cyclic esters (lactones) is 1. The van der Waals surface area contributed by atoms with Gasteiger partial charge in [-0.3, -0.25) is 38.4 Å². The molecule has 3 aliphatic rings. The van der Waals surface area contributed by atoms with Gasteiger partial charge in [0.25, 0.3) is 0 Å². The average molecular weight is 1020 g/mol. The molecule has 3 aliphatic heterocycles. The molecule has 0 aromatic heterocycles. The normalized spacial score (nSPS) is 26.6. The van der Waals surface area contributed by atoms with Crippen molar-refractivity contribution in [2.75, 3.05) is 20.1 Å². The molecule has 2 aromatic carbocycles. The lowest BCUT2D eigenvalue weighted by atomic mass is 9.98. The molecule has 400 valence electrons. The van der Waals surface area contributed by atoms with E-state index in [1.807, 2.05) is 27.7 Å². The van der Waals surface area contributed by atoms with Gasteiger partial charge < -0.3 is 51.1 Å². The molecule has 3 saturated heterocycles. The lowest BCUT2D eigenvalue weighted by Gasteiger charge is -2.35. The quantitative estimate of drug-likeness (QED) is 0.169. The molecular weight excluding hydrogens is 937 g/mol. The number of phenols is 1. The minimum Gasteiger partial charge on any atom is -0.508 e. The van der Waals surface area contributed by atoms with Gasteiger partial charge in [0.15, 0.2) is 0 Å². The van der Waals surface area contributed by atoms with Crippen molar-refractivity contribution in [1.82, 2.24) is 41.3 Å². The molecular formula is C54H78N8O11. The number of likely N-dealkylation sites (N-methyl/N-ethyl adjacent to an activating group) is 1. The van der Waals surface area contributed by atoms with Gasteiger partial charge >= 0.3 is 5.97 Å². The van der Waals surface area contributed by atoms with Crippen LogP contribution in [0.4, 0.5) is 0 Å². The Morgan fingerprint density at radius 1 is 0.671 bits per heavy atom. The Kier molecular flexibility index (Phi) is 20.8. The molecule has 19 heteroatoms. The number of aromatic hydroxyl groups is 1. The van der Waals surface area contributed by atoms with Crippen LogP contribution in [0.2, 0.25) is 0 Å². The van der Waals surface area contributed by atoms with Crippen LogP contribution in [0.5, 0.6) is 5.75 Å². The molecule has 9 atom stereocenters. The van der Waals surface area contributed by atoms with E-state index < -0.39 is 114 Å². The Morgan fingerprint density at radius 3 is 1.82 bits per heavy atom. The zero-order chi connectivity index (χ0) is 53.7. The van der Waals surface area contributed by atoms with E-state index in [0.29, 0.717) is 43.2 Å². The number of carbonyl (C=O) groups is 9. The summed E-state index contributed by atoms with van der Waals surface area (Å²) in [4.78, 5) is 134. The summed E-state index contributed by atoms with van der Waals surface area (Å²) in [7, 11) is 1.40. The molecule has 0 radical (unpaired) electrons. The van der Waals surface area contributed by atoms with Crippen LogP contribution in [-0.2, 0) is 60.7 Å². The van der Waals surface area contributed by atoms with E-state index in [1.165, 1.54) is 40.8 Å². The smallest absolute Gasteiger partial charge is 0.329 e. The van der Waals surface area contributed by atoms with Gasteiger partial charge in [0.1, 0.15) is 60.2 Å². The van der Waals surface area contributed by atoms with Gasteiger partial charge in [-0.15, -0.1) is 0 Å². The number of rotatable bonds is 12. The van der Waals surface area contributed by atoms with Crippen molar-refractivity contribution in [2.45, 2.75) is 174 Å². The van der Waals surface area contributed by atoms with Crippen molar-refractivity contribution in [3.05, 3.63) is 65.7 Å². The van der Waals surface area contributed by atoms with E-state index in [2.05, 4.69) is 26.6 Å². The van der Waals surface area contributed by atoms with Gasteiger partial charge in [-0.2, -0.15) is 0 Å². The SMILES string of the molecule is CCCC(=O)N[C@@H]1C(=O)N[C@@H](Cc2ccccc2)C(=O)N[C@@H](CC(C)C)C(=O)N[C@@H](C(C)C)C(=O)N2CCC[C@H]2C(=O)N2CCC[C@H]2C(=O)N[C@@H](CC(C)C)C(=O)N(C)[C@@H](Cc2ccc(O)cc2)C(=O)O[C@H]1C. The number of phenolic OH excluding ortho intramolecular Hbond substituents is 1. The monoisotopic (exact) mass is 1010 g/mol. The first-order chi connectivity index (χ1) is 34.6. The van der Waals surface area contributed by atoms with Crippen LogP contribution in [0, 0.1) is 17.8 Å². The van der Waals surface area contributed by atoms with Crippen LogP contribution in [0.1, 0.15) is 118 Å². The molecule has 0 unspecified atom stereocenters. The Labute approximate surface area is 429 Å². The number of hydrogen-bond acceptors (Lipinski definition) is 11. The van der Waals surface area contributed by atoms with Gasteiger partial charge in [-0.25, -0.2) is 4.79 Å². The standard InChI is InChI=1S/C54H78N8O11/c1-10-16-44(64)58-46-34(8)73-54(72)43(30-36-21-23-37(63)24-22-36)60(9)51(69)40(28-32(4)5)57-49(67)41-19-14-25-61(41)52(70)42-20-15-26-62(42)53(71)45(33(6)7)59-48(66)38(27-31(2)3)55-47(65)39(56-50(46)68)29-35-17-12-11-13-18-35/h11-13,17-18,21-24,31-34,38-43,45-46,63H,10,14-16,19-20,25-30H2,1-9H3,(H,55,65)(H,56,68)(H,57,67)(H,58,64)(H,59,66)/t34-,38-,39-,40-,41-,42-,43-,45-,46-/m0/s1. The third-order valence-corrected chi connectivity index (χ3v) is 13.8. The average Bonchev–Trinajstić information content (AvgIpc) is 4.04. The number of esters is 1. The summed E-state index contributed by atoms with van der Waals surface area (Å²) in [5.74, 6) is -6.61. The highest BCUT2D eigenvalue weighted by molar-refractivity contribution is 5.99. The third-order valence-electron chi connectivity index (χ3n) is 13.8. The molecule has 0 saturated carbocycles. The van der Waals surface area contributed by atoms with Gasteiger partial charge in [0, 0.05) is 39.4 Å². The molecule has 3 fully saturated rings. The summed E-state index contributed by atoms with van der Waals surface area (Å²) in [6.45, 7) is 14.7. The van der Waals surface area contributed by atoms with E-state index in [4.69, 9.17) is 4.74 Å². The van der Waals surface area contributed by atoms with Crippen LogP contribution in [0.25, 0.3) is 0 Å². The molecule has 19 nitrogen and oxygen atoms in total. The van der Waals surface area contributed by atoms with Crippen molar-refractivity contribution < 1.29 is 53.0 Å². The second kappa shape index (κ2) is 26.4. The maximum absolute atomic E-state index is 14.8. The predicted octanol–water partition coefficient (Wildman–Crippen LogP) is 2.90. The highest BCUT2D eigenvalue weighted by atomic mass is 16.5. The van der Waals surface area contributed by atoms with Gasteiger partial charge in [0.05, 0.1) is 0 Å². The Bertz CT molecular complexity index is 2270. The van der Waals surface area contributed by atoms with Crippen molar-refractivity contribution in [3.8, 4) is 5.75 Å². The Balaban J connectivity index is 1.62. The van der Waals surface area contributed by atoms with Crippen LogP contribution in [-0.4, -0.2) is 148 Å². The first-order valence-corrected chi connectivity index (χ1v) is 26.0. The number of hydrogen-bond donors (Lipinski definition) is 6. The lowest BCUT2D eigenvalue weighted by Crippen LogP contribution is -2.61. The maximum Gasteiger partial charge on any atom is 0.329 e. The van der Waals surface area contributed by atoms with E-state index >= 15 is 0 Å². The molecule has 73 heavy (non-hydrogen) atoms. The second-order valence-electron chi connectivity index (χ2n) is 21.0. The minimum atomic E-state index is -1.56. The summed E-state index contributed by atoms with van der Waals surface area (Å²) in [5.41, 5.74) is 1.18. The summed E-state index contributed by atoms with van der Waals surface area (Å²) < 4.78 is 6.05. The lowest BCUT2D eigenvalue weighted by molar-refractivity contribution is -0.161. The van der Waals surface area contributed by atoms with Crippen molar-refractivity contribution in [3.63, 3.8) is 0 Å². The fourth-order valence-electron chi connectivity index (χ4n) is 9.82. The van der Waals surface area contributed by atoms with E-state index in [1.54, 1.807) is 63.2 Å². The van der Waals surface area contributed by atoms with Gasteiger partial charge in [-0.1, -0.05) is 90.9 Å². The molecule has 6 N–H and O–H groups in total. The summed E-state index contributed by atoms with van der Waals surface area (Å²) in [5, 5.41) is 24.2. The number of benzene rings is 2. The summed E-state index contributed by atoms with van der Waals surface area (Å²) in [6, 6.07) is 5.22. The first-order valence-electron chi connectivity index (χ1n) is 26.0. The highest BCUT2D eigenvalue weighted by Crippen LogP contribution is 2.27. The molecule has 5 rings (SSSR count). The van der Waals surface area contributed by atoms with Crippen LogP contribution in [0.3, 0.4) is 0 Å². The maximum atomic E-state index is 14.8. The van der Waals surface area contributed by atoms with E-state index in [9.17, 15) is 48.3 Å². The molecule has 0 spiro atoms. The number of fused-ring (bicyclic) bond motifs is 2. The number of amides is 8. The second-order valence-corrected chi connectivity index (χ2v) is 21.0. The van der Waals surface area contributed by atoms with Crippen LogP contribution < -0.4 is 26.6 Å². The predicted molar refractivity (Wildman–Crippen MR) is 272 cm³/mol. The number of carbonyl (C=O) groups excluding carboxylic acids is 9. The molecule has 2 aromatic rings. The minimum absolute atomic E-state index is 0.0130. The van der Waals surface area contributed by atoms with Crippen molar-refractivity contribution in [1.29, 1.82) is 0 Å². The fourth-order valence-corrected chi connectivity index (χ4v) is 9.82. The molecule has 8 amide bonds. The number of nitrogens with one attached hydrogen (secondary N) is 5. The van der Waals surface area contributed by atoms with Gasteiger partial charge in [-0.05, 0) is 92.9 Å². The zero-order valence-corrected chi connectivity index (χ0v) is 44.0. The largest absolute Gasteiger partial charge is 0.508 e. The molecule has 0 bridgehead atoms. The van der Waals surface area contributed by atoms with Gasteiger partial charge in [0.2, 0.25) is 47.3 Å². The van der Waals surface area contributed by atoms with Crippen molar-refractivity contribution >= 4 is 53.2 Å². The summed E-state index contributed by atoms with van der Waals surface area (Å²) >= 11 is 0. The van der Waals surface area contributed by atoms with E-state index in [-0.39, 0.29) is 62.8 Å². The molecule has 3 heterocycles. The highest BCUT2D eigenvalue weighted by Gasteiger charge is 2.46. The Morgan fingerprint density at radius 2 is 1.22 bits per heavy atom. The van der Waals surface area contributed by atoms with Crippen LogP contribution >= 0.6 is 0 Å². The first kappa shape index (κ1) is 57.4. The number of nitrogens with zero attached hydrogens (tertiary/aromatic N) is 3. The fraction of sp³-hybridized carbons (Fsp3) is 0.611. The van der Waals surface area contributed by atoms with Crippen LogP contribution in [0.15, 0.2) is 54.6 Å². The zero-order valence-electron chi connectivity index (χ0n) is 44.0. The molecule has 0 aliphatic carbocycles. The number of ether oxygens (including phenoxy) is 1. The summed E-state index contributed by atoms with van der Waals surface area (Å²) in [6.07, 6.45) is 0.772. The third kappa shape index (κ3) is 15.5. The Hall–Kier alpha value is -6.53.